The van der Waals surface area contributed by atoms with Crippen molar-refractivity contribution in [2.24, 2.45) is 5.92 Å². The minimum Gasteiger partial charge on any atom is -0.489 e. The Bertz CT molecular complexity index is 602. The molecule has 26 heavy (non-hydrogen) atoms. The van der Waals surface area contributed by atoms with Crippen LogP contribution in [0.2, 0.25) is 0 Å². The van der Waals surface area contributed by atoms with Gasteiger partial charge in [0, 0.05) is 0 Å². The maximum absolute atomic E-state index is 5.85. The standard InChI is InChI=1S/C24H33NO/c1-3-8-21(9-4-1)17-19-25-18-7-12-22-13-15-24(16-14-22)26-20-23-10-5-2-6-11-23/h2,5-6,10-11,13-16,21,25H,1,3-4,7-9,12,17-20H2. The van der Waals surface area contributed by atoms with Crippen LogP contribution in [0.1, 0.15) is 56.1 Å². The molecule has 140 valence electrons. The summed E-state index contributed by atoms with van der Waals surface area (Å²) in [4.78, 5) is 0. The lowest BCUT2D eigenvalue weighted by Crippen LogP contribution is -2.20. The zero-order valence-corrected chi connectivity index (χ0v) is 16.0. The Morgan fingerprint density at radius 2 is 1.58 bits per heavy atom. The Kier molecular flexibility index (Phi) is 8.05. The van der Waals surface area contributed by atoms with E-state index < -0.39 is 0 Å². The monoisotopic (exact) mass is 351 g/mol. The average molecular weight is 352 g/mol. The summed E-state index contributed by atoms with van der Waals surface area (Å²) in [6, 6.07) is 18.9. The first-order valence-electron chi connectivity index (χ1n) is 10.4. The van der Waals surface area contributed by atoms with Gasteiger partial charge in [-0.2, -0.15) is 0 Å². The quantitative estimate of drug-likeness (QED) is 0.550. The summed E-state index contributed by atoms with van der Waals surface area (Å²) >= 11 is 0. The Morgan fingerprint density at radius 3 is 2.35 bits per heavy atom. The highest BCUT2D eigenvalue weighted by molar-refractivity contribution is 5.27. The van der Waals surface area contributed by atoms with Crippen LogP contribution in [0, 0.1) is 5.92 Å². The third-order valence-corrected chi connectivity index (χ3v) is 5.44. The summed E-state index contributed by atoms with van der Waals surface area (Å²) < 4.78 is 5.85. The molecular formula is C24H33NO. The number of hydrogen-bond acceptors (Lipinski definition) is 2. The largest absolute Gasteiger partial charge is 0.489 e. The van der Waals surface area contributed by atoms with Crippen LogP contribution in [0.15, 0.2) is 54.6 Å². The topological polar surface area (TPSA) is 21.3 Å². The van der Waals surface area contributed by atoms with Gasteiger partial charge in [0.25, 0.3) is 0 Å². The lowest BCUT2D eigenvalue weighted by molar-refractivity contribution is 0.306. The second kappa shape index (κ2) is 11.0. The van der Waals surface area contributed by atoms with Crippen molar-refractivity contribution in [3.05, 3.63) is 65.7 Å². The van der Waals surface area contributed by atoms with Gasteiger partial charge in [-0.25, -0.2) is 0 Å². The lowest BCUT2D eigenvalue weighted by atomic mass is 9.87. The number of hydrogen-bond donors (Lipinski definition) is 1. The fourth-order valence-electron chi connectivity index (χ4n) is 3.82. The van der Waals surface area contributed by atoms with Crippen LogP contribution >= 0.6 is 0 Å². The number of aryl methyl sites for hydroxylation is 1. The maximum Gasteiger partial charge on any atom is 0.119 e. The van der Waals surface area contributed by atoms with Gasteiger partial charge in [-0.1, -0.05) is 74.6 Å². The average Bonchev–Trinajstić information content (AvgIpc) is 2.71. The van der Waals surface area contributed by atoms with Crippen molar-refractivity contribution in [3.8, 4) is 5.75 Å². The molecule has 0 atom stereocenters. The number of rotatable bonds is 10. The van der Waals surface area contributed by atoms with Crippen LogP contribution in [0.3, 0.4) is 0 Å². The number of ether oxygens (including phenoxy) is 1. The van der Waals surface area contributed by atoms with Gasteiger partial charge in [-0.3, -0.25) is 0 Å². The van der Waals surface area contributed by atoms with Crippen molar-refractivity contribution in [3.63, 3.8) is 0 Å². The van der Waals surface area contributed by atoms with E-state index in [1.54, 1.807) is 0 Å². The van der Waals surface area contributed by atoms with Crippen LogP contribution in [0.5, 0.6) is 5.75 Å². The van der Waals surface area contributed by atoms with Gasteiger partial charge in [0.15, 0.2) is 0 Å². The molecule has 1 saturated carbocycles. The molecule has 0 radical (unpaired) electrons. The molecule has 2 aromatic carbocycles. The van der Waals surface area contributed by atoms with E-state index in [-0.39, 0.29) is 0 Å². The molecule has 0 bridgehead atoms. The summed E-state index contributed by atoms with van der Waals surface area (Å²) in [5.74, 6) is 1.93. The second-order valence-corrected chi connectivity index (χ2v) is 7.56. The Hall–Kier alpha value is -1.80. The first kappa shape index (κ1) is 19.0. The van der Waals surface area contributed by atoms with Crippen molar-refractivity contribution in [1.29, 1.82) is 0 Å². The Balaban J connectivity index is 1.27. The molecule has 1 N–H and O–H groups in total. The molecule has 0 unspecified atom stereocenters. The van der Waals surface area contributed by atoms with Gasteiger partial charge < -0.3 is 10.1 Å². The van der Waals surface area contributed by atoms with Gasteiger partial charge in [0.1, 0.15) is 12.4 Å². The molecule has 0 saturated heterocycles. The molecule has 1 fully saturated rings. The third-order valence-electron chi connectivity index (χ3n) is 5.44. The Labute approximate surface area is 159 Å². The highest BCUT2D eigenvalue weighted by Gasteiger charge is 2.12. The summed E-state index contributed by atoms with van der Waals surface area (Å²) in [5, 5.41) is 3.63. The van der Waals surface area contributed by atoms with Crippen LogP contribution in [0.25, 0.3) is 0 Å². The molecule has 1 aliphatic rings. The second-order valence-electron chi connectivity index (χ2n) is 7.56. The highest BCUT2D eigenvalue weighted by atomic mass is 16.5. The fraction of sp³-hybridized carbons (Fsp3) is 0.500. The van der Waals surface area contributed by atoms with E-state index in [9.17, 15) is 0 Å². The third kappa shape index (κ3) is 6.84. The van der Waals surface area contributed by atoms with Crippen molar-refractivity contribution >= 4 is 0 Å². The predicted molar refractivity (Wildman–Crippen MR) is 110 cm³/mol. The minimum absolute atomic E-state index is 0.630. The smallest absolute Gasteiger partial charge is 0.119 e. The molecule has 3 rings (SSSR count). The predicted octanol–water partition coefficient (Wildman–Crippen LogP) is 5.76. The van der Waals surface area contributed by atoms with Crippen LogP contribution in [0.4, 0.5) is 0 Å². The van der Waals surface area contributed by atoms with E-state index in [0.29, 0.717) is 6.61 Å². The molecule has 0 spiro atoms. The summed E-state index contributed by atoms with van der Waals surface area (Å²) in [6.45, 7) is 2.95. The van der Waals surface area contributed by atoms with E-state index in [4.69, 9.17) is 4.74 Å². The van der Waals surface area contributed by atoms with Gasteiger partial charge in [-0.15, -0.1) is 0 Å². The van der Waals surface area contributed by atoms with E-state index in [2.05, 4.69) is 41.7 Å². The Morgan fingerprint density at radius 1 is 0.808 bits per heavy atom. The molecule has 0 amide bonds. The summed E-state index contributed by atoms with van der Waals surface area (Å²) in [7, 11) is 0. The van der Waals surface area contributed by atoms with Crippen molar-refractivity contribution in [1.82, 2.24) is 5.32 Å². The van der Waals surface area contributed by atoms with Crippen LogP contribution < -0.4 is 10.1 Å². The number of benzene rings is 2. The highest BCUT2D eigenvalue weighted by Crippen LogP contribution is 2.25. The molecule has 0 aliphatic heterocycles. The molecule has 2 nitrogen and oxygen atoms in total. The van der Waals surface area contributed by atoms with Crippen LogP contribution in [-0.4, -0.2) is 13.1 Å². The van der Waals surface area contributed by atoms with Gasteiger partial charge in [0.2, 0.25) is 0 Å². The molecule has 1 aliphatic carbocycles. The van der Waals surface area contributed by atoms with Crippen LogP contribution in [-0.2, 0) is 13.0 Å². The minimum atomic E-state index is 0.630. The van der Waals surface area contributed by atoms with E-state index in [1.165, 1.54) is 62.6 Å². The van der Waals surface area contributed by atoms with E-state index >= 15 is 0 Å². The first-order chi connectivity index (χ1) is 12.9. The van der Waals surface area contributed by atoms with E-state index in [0.717, 1.165) is 24.6 Å². The first-order valence-corrected chi connectivity index (χ1v) is 10.4. The van der Waals surface area contributed by atoms with Crippen molar-refractivity contribution < 1.29 is 4.74 Å². The molecule has 0 aromatic heterocycles. The van der Waals surface area contributed by atoms with Gasteiger partial charge >= 0.3 is 0 Å². The SMILES string of the molecule is c1ccc(COc2ccc(CCCNCCC3CCCCC3)cc2)cc1. The molecular weight excluding hydrogens is 318 g/mol. The maximum atomic E-state index is 5.85. The molecule has 2 heteroatoms. The summed E-state index contributed by atoms with van der Waals surface area (Å²) in [6.07, 6.45) is 11.0. The zero-order chi connectivity index (χ0) is 17.9. The van der Waals surface area contributed by atoms with Crippen molar-refractivity contribution in [2.75, 3.05) is 13.1 Å². The van der Waals surface area contributed by atoms with E-state index in [1.807, 2.05) is 18.2 Å². The lowest BCUT2D eigenvalue weighted by Gasteiger charge is -2.21. The van der Waals surface area contributed by atoms with Crippen molar-refractivity contribution in [2.45, 2.75) is 58.0 Å². The van der Waals surface area contributed by atoms with Gasteiger partial charge in [-0.05, 0) is 61.5 Å². The number of nitrogens with one attached hydrogen (secondary N) is 1. The van der Waals surface area contributed by atoms with Gasteiger partial charge in [0.05, 0.1) is 0 Å². The summed E-state index contributed by atoms with van der Waals surface area (Å²) in [5.41, 5.74) is 2.60. The normalized spacial score (nSPS) is 15.1. The molecule has 2 aromatic rings. The molecule has 0 heterocycles. The zero-order valence-electron chi connectivity index (χ0n) is 16.0. The fourth-order valence-corrected chi connectivity index (χ4v) is 3.82.